The van der Waals surface area contributed by atoms with E-state index in [9.17, 15) is 9.59 Å². The molecule has 0 spiro atoms. The van der Waals surface area contributed by atoms with E-state index < -0.39 is 24.4 Å². The summed E-state index contributed by atoms with van der Waals surface area (Å²) in [5.74, 6) is -0.511. The molecule has 0 N–H and O–H groups in total. The van der Waals surface area contributed by atoms with E-state index in [0.29, 0.717) is 6.42 Å². The molecule has 2 aliphatic rings. The standard InChI is InChI=1S/C11H17NO5/c1-4-5-8(10-15-7(3)16-10)12-6(2)9(13)17-11(12)14/h6-8,10H,4-5H2,1-3H3/t6-,7?,8-,10?/m0/s1. The number of hydrogen-bond donors (Lipinski definition) is 0. The third-order valence-electron chi connectivity index (χ3n) is 3.06. The van der Waals surface area contributed by atoms with Gasteiger partial charge in [0, 0.05) is 0 Å². The topological polar surface area (TPSA) is 65.1 Å². The van der Waals surface area contributed by atoms with Crippen LogP contribution in [-0.4, -0.2) is 41.6 Å². The van der Waals surface area contributed by atoms with Crippen LogP contribution in [0.4, 0.5) is 4.79 Å². The van der Waals surface area contributed by atoms with Gasteiger partial charge in [0.25, 0.3) is 0 Å². The van der Waals surface area contributed by atoms with Crippen molar-refractivity contribution in [3.8, 4) is 0 Å². The Morgan fingerprint density at radius 2 is 1.94 bits per heavy atom. The second-order valence-corrected chi connectivity index (χ2v) is 4.33. The molecule has 0 saturated carbocycles. The van der Waals surface area contributed by atoms with Crippen LogP contribution in [0, 0.1) is 0 Å². The first-order chi connectivity index (χ1) is 8.04. The zero-order valence-electron chi connectivity index (χ0n) is 10.2. The van der Waals surface area contributed by atoms with Crippen molar-refractivity contribution in [2.75, 3.05) is 0 Å². The monoisotopic (exact) mass is 243 g/mol. The van der Waals surface area contributed by atoms with Gasteiger partial charge in [-0.3, -0.25) is 4.90 Å². The molecule has 2 aliphatic heterocycles. The van der Waals surface area contributed by atoms with Gasteiger partial charge in [0.1, 0.15) is 6.04 Å². The number of amides is 1. The molecule has 6 heteroatoms. The van der Waals surface area contributed by atoms with E-state index in [0.717, 1.165) is 6.42 Å². The number of carbonyl (C=O) groups excluding carboxylic acids is 2. The highest BCUT2D eigenvalue weighted by Crippen LogP contribution is 2.29. The second-order valence-electron chi connectivity index (χ2n) is 4.33. The molecule has 1 amide bonds. The van der Waals surface area contributed by atoms with Gasteiger partial charge in [0.15, 0.2) is 12.6 Å². The summed E-state index contributed by atoms with van der Waals surface area (Å²) in [4.78, 5) is 24.4. The molecule has 6 nitrogen and oxygen atoms in total. The van der Waals surface area contributed by atoms with Crippen LogP contribution in [0.15, 0.2) is 0 Å². The molecule has 0 bridgehead atoms. The third-order valence-corrected chi connectivity index (χ3v) is 3.06. The van der Waals surface area contributed by atoms with Crippen molar-refractivity contribution in [2.24, 2.45) is 0 Å². The van der Waals surface area contributed by atoms with E-state index in [-0.39, 0.29) is 12.3 Å². The van der Waals surface area contributed by atoms with E-state index in [1.807, 2.05) is 6.92 Å². The van der Waals surface area contributed by atoms with Gasteiger partial charge in [-0.2, -0.15) is 0 Å². The molecule has 0 aromatic heterocycles. The number of esters is 1. The molecule has 96 valence electrons. The molecule has 2 fully saturated rings. The Morgan fingerprint density at radius 1 is 1.29 bits per heavy atom. The maximum atomic E-state index is 11.6. The average Bonchev–Trinajstić information content (AvgIpc) is 2.47. The Hall–Kier alpha value is -1.14. The Balaban J connectivity index is 2.10. The summed E-state index contributed by atoms with van der Waals surface area (Å²) in [6, 6.07) is -0.827. The smallest absolute Gasteiger partial charge is 0.375 e. The van der Waals surface area contributed by atoms with Gasteiger partial charge < -0.3 is 14.2 Å². The van der Waals surface area contributed by atoms with E-state index in [1.165, 1.54) is 4.90 Å². The molecule has 0 aromatic rings. The summed E-state index contributed by atoms with van der Waals surface area (Å²) < 4.78 is 15.4. The number of hydrogen-bond acceptors (Lipinski definition) is 5. The molecule has 2 saturated heterocycles. The normalized spacial score (nSPS) is 34.5. The first-order valence-electron chi connectivity index (χ1n) is 5.89. The zero-order valence-corrected chi connectivity index (χ0v) is 10.2. The molecule has 2 rings (SSSR count). The van der Waals surface area contributed by atoms with Crippen LogP contribution in [0.25, 0.3) is 0 Å². The van der Waals surface area contributed by atoms with E-state index >= 15 is 0 Å². The molecule has 2 heterocycles. The number of rotatable bonds is 4. The van der Waals surface area contributed by atoms with Crippen LogP contribution in [0.3, 0.4) is 0 Å². The summed E-state index contributed by atoms with van der Waals surface area (Å²) in [6.45, 7) is 5.44. The maximum Gasteiger partial charge on any atom is 0.418 e. The minimum absolute atomic E-state index is 0.246. The Morgan fingerprint density at radius 3 is 2.35 bits per heavy atom. The highest BCUT2D eigenvalue weighted by molar-refractivity contribution is 5.95. The lowest BCUT2D eigenvalue weighted by molar-refractivity contribution is -0.390. The van der Waals surface area contributed by atoms with Crippen molar-refractivity contribution in [1.82, 2.24) is 4.90 Å². The SMILES string of the molecule is CCC[C@@H](C1OC(C)O1)N1C(=O)OC(=O)[C@@H]1C. The van der Waals surface area contributed by atoms with Gasteiger partial charge in [-0.15, -0.1) is 0 Å². The zero-order chi connectivity index (χ0) is 12.6. The van der Waals surface area contributed by atoms with Crippen molar-refractivity contribution >= 4 is 12.1 Å². The Bertz CT molecular complexity index is 326. The summed E-state index contributed by atoms with van der Waals surface area (Å²) in [5.41, 5.74) is 0. The van der Waals surface area contributed by atoms with Gasteiger partial charge in [-0.1, -0.05) is 13.3 Å². The molecule has 0 radical (unpaired) electrons. The summed E-state index contributed by atoms with van der Waals surface area (Å²) >= 11 is 0. The lowest BCUT2D eigenvalue weighted by Crippen LogP contribution is -2.56. The van der Waals surface area contributed by atoms with Crippen LogP contribution >= 0.6 is 0 Å². The van der Waals surface area contributed by atoms with Crippen LogP contribution in [-0.2, 0) is 19.0 Å². The lowest BCUT2D eigenvalue weighted by Gasteiger charge is -2.42. The van der Waals surface area contributed by atoms with Gasteiger partial charge >= 0.3 is 12.1 Å². The van der Waals surface area contributed by atoms with Gasteiger partial charge in [0.05, 0.1) is 6.04 Å². The first-order valence-corrected chi connectivity index (χ1v) is 5.89. The molecular formula is C11H17NO5. The van der Waals surface area contributed by atoms with Gasteiger partial charge in [-0.25, -0.2) is 9.59 Å². The molecule has 2 atom stereocenters. The van der Waals surface area contributed by atoms with Crippen LogP contribution in [0.2, 0.25) is 0 Å². The summed E-state index contributed by atoms with van der Waals surface area (Å²) in [7, 11) is 0. The third kappa shape index (κ3) is 2.14. The minimum Gasteiger partial charge on any atom is -0.375 e. The molecule has 17 heavy (non-hydrogen) atoms. The van der Waals surface area contributed by atoms with Crippen LogP contribution in [0.5, 0.6) is 0 Å². The Kier molecular flexibility index (Phi) is 3.35. The maximum absolute atomic E-state index is 11.6. The largest absolute Gasteiger partial charge is 0.418 e. The van der Waals surface area contributed by atoms with Crippen molar-refractivity contribution in [3.63, 3.8) is 0 Å². The van der Waals surface area contributed by atoms with E-state index in [1.54, 1.807) is 13.8 Å². The number of ether oxygens (including phenoxy) is 3. The Labute approximate surface area is 99.8 Å². The minimum atomic E-state index is -0.604. The number of cyclic esters (lactones) is 2. The second kappa shape index (κ2) is 4.62. The molecule has 0 aliphatic carbocycles. The lowest BCUT2D eigenvalue weighted by atomic mass is 10.1. The quantitative estimate of drug-likeness (QED) is 0.549. The molecular weight excluding hydrogens is 226 g/mol. The van der Waals surface area contributed by atoms with Crippen molar-refractivity contribution in [2.45, 2.75) is 58.3 Å². The van der Waals surface area contributed by atoms with E-state index in [4.69, 9.17) is 9.47 Å². The van der Waals surface area contributed by atoms with Gasteiger partial charge in [0.2, 0.25) is 0 Å². The highest BCUT2D eigenvalue weighted by Gasteiger charge is 2.47. The predicted octanol–water partition coefficient (Wildman–Crippen LogP) is 1.24. The first kappa shape index (κ1) is 12.3. The number of carbonyl (C=O) groups is 2. The van der Waals surface area contributed by atoms with Crippen molar-refractivity contribution in [1.29, 1.82) is 0 Å². The van der Waals surface area contributed by atoms with Crippen LogP contribution < -0.4 is 0 Å². The fraction of sp³-hybridized carbons (Fsp3) is 0.818. The molecule has 0 aromatic carbocycles. The predicted molar refractivity (Wildman–Crippen MR) is 56.9 cm³/mol. The summed E-state index contributed by atoms with van der Waals surface area (Å²) in [6.07, 6.45) is 0.277. The van der Waals surface area contributed by atoms with E-state index in [2.05, 4.69) is 4.74 Å². The fourth-order valence-corrected chi connectivity index (χ4v) is 2.19. The molecule has 0 unspecified atom stereocenters. The fourth-order valence-electron chi connectivity index (χ4n) is 2.19. The summed E-state index contributed by atoms with van der Waals surface area (Å²) in [5, 5.41) is 0. The average molecular weight is 243 g/mol. The number of nitrogens with zero attached hydrogens (tertiary/aromatic N) is 1. The van der Waals surface area contributed by atoms with Crippen molar-refractivity contribution in [3.05, 3.63) is 0 Å². The van der Waals surface area contributed by atoms with Crippen molar-refractivity contribution < 1.29 is 23.8 Å². The van der Waals surface area contributed by atoms with Crippen LogP contribution in [0.1, 0.15) is 33.6 Å². The highest BCUT2D eigenvalue weighted by atomic mass is 16.9. The van der Waals surface area contributed by atoms with Gasteiger partial charge in [-0.05, 0) is 20.3 Å².